The Labute approximate surface area is 226 Å². The molecule has 202 valence electrons. The van der Waals surface area contributed by atoms with Gasteiger partial charge < -0.3 is 24.9 Å². The number of pyridine rings is 1. The van der Waals surface area contributed by atoms with Gasteiger partial charge in [-0.3, -0.25) is 9.59 Å². The molecular formula is C29H31N5O5. The molecule has 0 aliphatic carbocycles. The lowest BCUT2D eigenvalue weighted by Crippen LogP contribution is -2.33. The van der Waals surface area contributed by atoms with Crippen molar-refractivity contribution in [2.45, 2.75) is 32.7 Å². The molecule has 0 aliphatic heterocycles. The van der Waals surface area contributed by atoms with Crippen LogP contribution in [0.25, 0.3) is 22.9 Å². The molecule has 10 heteroatoms. The van der Waals surface area contributed by atoms with Crippen LogP contribution < -0.4 is 15.4 Å². The van der Waals surface area contributed by atoms with E-state index in [-0.39, 0.29) is 24.9 Å². The quantitative estimate of drug-likeness (QED) is 0.220. The monoisotopic (exact) mass is 529 g/mol. The molecule has 0 spiro atoms. The van der Waals surface area contributed by atoms with Crippen LogP contribution in [0.15, 0.2) is 77.3 Å². The van der Waals surface area contributed by atoms with E-state index in [1.54, 1.807) is 12.1 Å². The first kappa shape index (κ1) is 27.3. The summed E-state index contributed by atoms with van der Waals surface area (Å²) in [6.45, 7) is 4.72. The molecule has 2 aromatic heterocycles. The maximum absolute atomic E-state index is 12.2. The van der Waals surface area contributed by atoms with E-state index in [0.29, 0.717) is 41.4 Å². The average molecular weight is 530 g/mol. The number of benzene rings is 2. The van der Waals surface area contributed by atoms with Gasteiger partial charge in [0.25, 0.3) is 5.91 Å². The van der Waals surface area contributed by atoms with Crippen molar-refractivity contribution in [3.05, 3.63) is 78.5 Å². The van der Waals surface area contributed by atoms with Crippen LogP contribution in [0.1, 0.15) is 37.0 Å². The Hall–Kier alpha value is -4.73. The second-order valence-corrected chi connectivity index (χ2v) is 9.08. The molecule has 10 nitrogen and oxygen atoms in total. The van der Waals surface area contributed by atoms with Crippen LogP contribution in [-0.4, -0.2) is 51.4 Å². The van der Waals surface area contributed by atoms with Crippen molar-refractivity contribution in [2.75, 3.05) is 18.5 Å². The second-order valence-electron chi connectivity index (χ2n) is 9.08. The van der Waals surface area contributed by atoms with Crippen LogP contribution in [0.3, 0.4) is 0 Å². The molecule has 0 saturated heterocycles. The standard InChI is InChI=1S/C29H31N5O5/c1-3-19(2)24(32-25-14-11-22(17-31-25)27(37)30-16-15-26(35)36)18-38-23-12-9-21(10-13-23)29-34-33-28(39-29)20-7-5-4-6-8-20/h4-14,17,19,24H,3,15-16,18H2,1-2H3,(H,30,37)(H,31,32)(H,35,36). The summed E-state index contributed by atoms with van der Waals surface area (Å²) < 4.78 is 11.9. The first-order valence-electron chi connectivity index (χ1n) is 12.8. The Morgan fingerprint density at radius 2 is 1.67 bits per heavy atom. The SMILES string of the molecule is CCC(C)C(COc1ccc(-c2nnc(-c3ccccc3)o2)cc1)Nc1ccc(C(=O)NCCC(=O)O)cn1. The number of aliphatic carboxylic acids is 1. The molecule has 0 saturated carbocycles. The highest BCUT2D eigenvalue weighted by atomic mass is 16.5. The van der Waals surface area contributed by atoms with E-state index in [1.807, 2.05) is 54.6 Å². The van der Waals surface area contributed by atoms with E-state index in [4.69, 9.17) is 14.3 Å². The number of anilines is 1. The Balaban J connectivity index is 1.34. The lowest BCUT2D eigenvalue weighted by molar-refractivity contribution is -0.136. The van der Waals surface area contributed by atoms with E-state index in [9.17, 15) is 9.59 Å². The maximum Gasteiger partial charge on any atom is 0.305 e. The number of nitrogens with one attached hydrogen (secondary N) is 2. The van der Waals surface area contributed by atoms with Gasteiger partial charge in [-0.1, -0.05) is 38.5 Å². The molecule has 4 rings (SSSR count). The van der Waals surface area contributed by atoms with Gasteiger partial charge in [-0.15, -0.1) is 10.2 Å². The molecule has 1 amide bonds. The van der Waals surface area contributed by atoms with Crippen LogP contribution in [0, 0.1) is 5.92 Å². The predicted molar refractivity (Wildman–Crippen MR) is 146 cm³/mol. The summed E-state index contributed by atoms with van der Waals surface area (Å²) in [6.07, 6.45) is 2.27. The molecule has 3 N–H and O–H groups in total. The van der Waals surface area contributed by atoms with Crippen molar-refractivity contribution in [2.24, 2.45) is 5.92 Å². The van der Waals surface area contributed by atoms with Crippen molar-refractivity contribution in [3.8, 4) is 28.7 Å². The number of carboxylic acid groups (broad SMARTS) is 1. The van der Waals surface area contributed by atoms with E-state index < -0.39 is 5.97 Å². The minimum atomic E-state index is -0.966. The Morgan fingerprint density at radius 3 is 2.28 bits per heavy atom. The zero-order chi connectivity index (χ0) is 27.6. The van der Waals surface area contributed by atoms with Crippen LogP contribution in [0.4, 0.5) is 5.82 Å². The molecule has 0 bridgehead atoms. The van der Waals surface area contributed by atoms with Gasteiger partial charge in [0.15, 0.2) is 0 Å². The molecule has 39 heavy (non-hydrogen) atoms. The molecule has 2 atom stereocenters. The number of amides is 1. The van der Waals surface area contributed by atoms with E-state index in [2.05, 4.69) is 39.7 Å². The fraction of sp³-hybridized carbons (Fsp3) is 0.276. The predicted octanol–water partition coefficient (Wildman–Crippen LogP) is 4.91. The number of aromatic nitrogens is 3. The summed E-state index contributed by atoms with van der Waals surface area (Å²) in [5.41, 5.74) is 2.02. The number of carboxylic acids is 1. The normalized spacial score (nSPS) is 12.4. The highest BCUT2D eigenvalue weighted by molar-refractivity contribution is 5.94. The van der Waals surface area contributed by atoms with E-state index in [0.717, 1.165) is 17.5 Å². The highest BCUT2D eigenvalue weighted by Crippen LogP contribution is 2.26. The summed E-state index contributed by atoms with van der Waals surface area (Å²) in [4.78, 5) is 27.1. The van der Waals surface area contributed by atoms with Crippen molar-refractivity contribution >= 4 is 17.7 Å². The zero-order valence-corrected chi connectivity index (χ0v) is 21.8. The third-order valence-electron chi connectivity index (χ3n) is 6.29. The molecule has 4 aromatic rings. The summed E-state index contributed by atoms with van der Waals surface area (Å²) >= 11 is 0. The number of rotatable bonds is 13. The van der Waals surface area contributed by atoms with Crippen LogP contribution in [0.2, 0.25) is 0 Å². The van der Waals surface area contributed by atoms with Gasteiger partial charge in [0.05, 0.1) is 18.0 Å². The summed E-state index contributed by atoms with van der Waals surface area (Å²) in [5.74, 6) is 1.19. The summed E-state index contributed by atoms with van der Waals surface area (Å²) in [5, 5.41) is 23.0. The van der Waals surface area contributed by atoms with Crippen molar-refractivity contribution in [1.82, 2.24) is 20.5 Å². The number of ether oxygens (including phenoxy) is 1. The Morgan fingerprint density at radius 1 is 0.974 bits per heavy atom. The third kappa shape index (κ3) is 7.64. The lowest BCUT2D eigenvalue weighted by Gasteiger charge is -2.25. The third-order valence-corrected chi connectivity index (χ3v) is 6.29. The van der Waals surface area contributed by atoms with Gasteiger partial charge in [-0.05, 0) is 54.4 Å². The van der Waals surface area contributed by atoms with Crippen LogP contribution >= 0.6 is 0 Å². The Kier molecular flexibility index (Phi) is 9.23. The van der Waals surface area contributed by atoms with Crippen LogP contribution in [0.5, 0.6) is 5.75 Å². The number of carbonyl (C=O) groups is 2. The van der Waals surface area contributed by atoms with Gasteiger partial charge in [0.2, 0.25) is 11.8 Å². The molecule has 0 fully saturated rings. The zero-order valence-electron chi connectivity index (χ0n) is 21.8. The molecular weight excluding hydrogens is 498 g/mol. The fourth-order valence-corrected chi connectivity index (χ4v) is 3.74. The first-order chi connectivity index (χ1) is 18.9. The van der Waals surface area contributed by atoms with Gasteiger partial charge in [0, 0.05) is 23.9 Å². The summed E-state index contributed by atoms with van der Waals surface area (Å²) in [6, 6.07) is 20.5. The highest BCUT2D eigenvalue weighted by Gasteiger charge is 2.18. The summed E-state index contributed by atoms with van der Waals surface area (Å²) in [7, 11) is 0. The maximum atomic E-state index is 12.2. The van der Waals surface area contributed by atoms with E-state index >= 15 is 0 Å². The topological polar surface area (TPSA) is 139 Å². The molecule has 2 unspecified atom stereocenters. The molecule has 0 aliphatic rings. The van der Waals surface area contributed by atoms with Crippen molar-refractivity contribution in [1.29, 1.82) is 0 Å². The number of carbonyl (C=O) groups excluding carboxylic acids is 1. The first-order valence-corrected chi connectivity index (χ1v) is 12.8. The van der Waals surface area contributed by atoms with Gasteiger partial charge in [-0.25, -0.2) is 4.98 Å². The van der Waals surface area contributed by atoms with E-state index in [1.165, 1.54) is 6.20 Å². The number of hydrogen-bond donors (Lipinski definition) is 3. The van der Waals surface area contributed by atoms with Crippen molar-refractivity contribution < 1.29 is 23.8 Å². The lowest BCUT2D eigenvalue weighted by atomic mass is 10.00. The minimum Gasteiger partial charge on any atom is -0.491 e. The second kappa shape index (κ2) is 13.2. The molecule has 2 heterocycles. The number of hydrogen-bond acceptors (Lipinski definition) is 8. The fourth-order valence-electron chi connectivity index (χ4n) is 3.74. The smallest absolute Gasteiger partial charge is 0.305 e. The van der Waals surface area contributed by atoms with Crippen molar-refractivity contribution in [3.63, 3.8) is 0 Å². The number of nitrogens with zero attached hydrogens (tertiary/aromatic N) is 3. The van der Waals surface area contributed by atoms with Gasteiger partial charge in [-0.2, -0.15) is 0 Å². The largest absolute Gasteiger partial charge is 0.491 e. The Bertz CT molecular complexity index is 1360. The molecule has 0 radical (unpaired) electrons. The van der Waals surface area contributed by atoms with Gasteiger partial charge in [0.1, 0.15) is 18.2 Å². The molecule has 2 aromatic carbocycles. The minimum absolute atomic E-state index is 0.0261. The van der Waals surface area contributed by atoms with Gasteiger partial charge >= 0.3 is 5.97 Å². The van der Waals surface area contributed by atoms with Crippen LogP contribution in [-0.2, 0) is 4.79 Å². The average Bonchev–Trinajstić information content (AvgIpc) is 3.46.